The highest BCUT2D eigenvalue weighted by Gasteiger charge is 2.36. The molecule has 0 heterocycles. The van der Waals surface area contributed by atoms with Gasteiger partial charge in [0, 0.05) is 22.7 Å². The standard InChI is InChI=1S/C17H36N2O/c1-13(2)19(17(9,10)11)14(20)12-18(15(3,4)5)16(6,7)8/h13H,12H2,1-11H3. The van der Waals surface area contributed by atoms with Crippen molar-refractivity contribution < 1.29 is 4.79 Å². The molecular weight excluding hydrogens is 248 g/mol. The van der Waals surface area contributed by atoms with Crippen LogP contribution in [0, 0.1) is 0 Å². The van der Waals surface area contributed by atoms with E-state index in [0.717, 1.165) is 0 Å². The first kappa shape index (κ1) is 19.4. The van der Waals surface area contributed by atoms with Crippen LogP contribution in [0.3, 0.4) is 0 Å². The highest BCUT2D eigenvalue weighted by Crippen LogP contribution is 2.26. The smallest absolute Gasteiger partial charge is 0.237 e. The van der Waals surface area contributed by atoms with Crippen molar-refractivity contribution in [3.05, 3.63) is 0 Å². The molecule has 1 amide bonds. The summed E-state index contributed by atoms with van der Waals surface area (Å²) < 4.78 is 0. The predicted octanol–water partition coefficient (Wildman–Crippen LogP) is 3.92. The first-order valence-corrected chi connectivity index (χ1v) is 7.68. The molecule has 0 spiro atoms. The van der Waals surface area contributed by atoms with Crippen LogP contribution < -0.4 is 0 Å². The minimum Gasteiger partial charge on any atom is -0.334 e. The molecule has 20 heavy (non-hydrogen) atoms. The van der Waals surface area contributed by atoms with Gasteiger partial charge in [-0.15, -0.1) is 0 Å². The first-order chi connectivity index (χ1) is 8.58. The van der Waals surface area contributed by atoms with Crippen LogP contribution in [0.2, 0.25) is 0 Å². The zero-order valence-electron chi connectivity index (χ0n) is 15.6. The quantitative estimate of drug-likeness (QED) is 0.784. The van der Waals surface area contributed by atoms with Gasteiger partial charge in [-0.25, -0.2) is 0 Å². The Morgan fingerprint density at radius 2 is 1.15 bits per heavy atom. The molecule has 3 heteroatoms. The lowest BCUT2D eigenvalue weighted by Gasteiger charge is -2.47. The molecular formula is C17H36N2O. The molecule has 0 unspecified atom stereocenters. The number of carbonyl (C=O) groups excluding carboxylic acids is 1. The lowest BCUT2D eigenvalue weighted by atomic mass is 9.95. The summed E-state index contributed by atoms with van der Waals surface area (Å²) >= 11 is 0. The van der Waals surface area contributed by atoms with Gasteiger partial charge in [0.1, 0.15) is 0 Å². The van der Waals surface area contributed by atoms with E-state index in [-0.39, 0.29) is 28.6 Å². The molecule has 0 bridgehead atoms. The van der Waals surface area contributed by atoms with Gasteiger partial charge in [0.05, 0.1) is 6.54 Å². The summed E-state index contributed by atoms with van der Waals surface area (Å²) in [5.41, 5.74) is -0.213. The average Bonchev–Trinajstić information content (AvgIpc) is 2.06. The van der Waals surface area contributed by atoms with E-state index in [1.54, 1.807) is 0 Å². The number of carbonyl (C=O) groups is 1. The monoisotopic (exact) mass is 284 g/mol. The first-order valence-electron chi connectivity index (χ1n) is 7.68. The van der Waals surface area contributed by atoms with Crippen molar-refractivity contribution in [3.8, 4) is 0 Å². The van der Waals surface area contributed by atoms with Crippen LogP contribution in [-0.4, -0.2) is 44.9 Å². The lowest BCUT2D eigenvalue weighted by Crippen LogP contribution is -2.59. The molecule has 0 radical (unpaired) electrons. The summed E-state index contributed by atoms with van der Waals surface area (Å²) in [6.45, 7) is 23.9. The van der Waals surface area contributed by atoms with Crippen LogP contribution in [0.1, 0.15) is 76.2 Å². The molecule has 0 aliphatic rings. The van der Waals surface area contributed by atoms with E-state index in [0.29, 0.717) is 6.54 Å². The topological polar surface area (TPSA) is 23.6 Å². The van der Waals surface area contributed by atoms with Crippen molar-refractivity contribution in [2.24, 2.45) is 0 Å². The summed E-state index contributed by atoms with van der Waals surface area (Å²) in [5, 5.41) is 0. The van der Waals surface area contributed by atoms with Crippen LogP contribution in [0.4, 0.5) is 0 Å². The summed E-state index contributed by atoms with van der Waals surface area (Å²) in [6, 6.07) is 0.212. The van der Waals surface area contributed by atoms with Gasteiger partial charge >= 0.3 is 0 Å². The van der Waals surface area contributed by atoms with E-state index in [1.165, 1.54) is 0 Å². The molecule has 0 aliphatic heterocycles. The Kier molecular flexibility index (Phi) is 5.87. The van der Waals surface area contributed by atoms with E-state index >= 15 is 0 Å². The number of hydrogen-bond donors (Lipinski definition) is 0. The Morgan fingerprint density at radius 1 is 0.800 bits per heavy atom. The van der Waals surface area contributed by atoms with Crippen molar-refractivity contribution in [1.29, 1.82) is 0 Å². The van der Waals surface area contributed by atoms with Gasteiger partial charge in [-0.3, -0.25) is 9.69 Å². The second-order valence-electron chi connectivity index (χ2n) is 8.96. The zero-order valence-corrected chi connectivity index (χ0v) is 15.6. The number of amides is 1. The molecule has 0 aliphatic carbocycles. The second-order valence-corrected chi connectivity index (χ2v) is 8.96. The molecule has 0 atom stereocenters. The van der Waals surface area contributed by atoms with Crippen molar-refractivity contribution >= 4 is 5.91 Å². The third-order valence-electron chi connectivity index (χ3n) is 3.42. The van der Waals surface area contributed by atoms with E-state index in [4.69, 9.17) is 0 Å². The second kappa shape index (κ2) is 6.05. The molecule has 0 aromatic heterocycles. The van der Waals surface area contributed by atoms with Crippen LogP contribution in [0.25, 0.3) is 0 Å². The van der Waals surface area contributed by atoms with Crippen LogP contribution in [-0.2, 0) is 4.79 Å². The molecule has 0 N–H and O–H groups in total. The molecule has 0 aromatic rings. The fourth-order valence-electron chi connectivity index (χ4n) is 3.13. The SMILES string of the molecule is CC(C)N(C(=O)CN(C(C)(C)C)C(C)(C)C)C(C)(C)C. The van der Waals surface area contributed by atoms with Crippen LogP contribution in [0.15, 0.2) is 0 Å². The fourth-order valence-corrected chi connectivity index (χ4v) is 3.13. The Labute approximate surface area is 126 Å². The molecule has 120 valence electrons. The Balaban J connectivity index is 5.30. The van der Waals surface area contributed by atoms with E-state index in [1.807, 2.05) is 4.90 Å². The number of hydrogen-bond acceptors (Lipinski definition) is 2. The van der Waals surface area contributed by atoms with Gasteiger partial charge in [0.25, 0.3) is 0 Å². The third kappa shape index (κ3) is 5.43. The normalized spacial score (nSPS) is 14.1. The van der Waals surface area contributed by atoms with Crippen molar-refractivity contribution in [3.63, 3.8) is 0 Å². The van der Waals surface area contributed by atoms with Crippen molar-refractivity contribution in [2.45, 2.75) is 98.8 Å². The van der Waals surface area contributed by atoms with Crippen LogP contribution >= 0.6 is 0 Å². The minimum absolute atomic E-state index is 0.0333. The summed E-state index contributed by atoms with van der Waals surface area (Å²) in [7, 11) is 0. The van der Waals surface area contributed by atoms with E-state index < -0.39 is 0 Å². The van der Waals surface area contributed by atoms with Gasteiger partial charge < -0.3 is 4.90 Å². The van der Waals surface area contributed by atoms with Gasteiger partial charge in [0.2, 0.25) is 5.91 Å². The van der Waals surface area contributed by atoms with Gasteiger partial charge in [0.15, 0.2) is 0 Å². The Morgan fingerprint density at radius 3 is 1.35 bits per heavy atom. The molecule has 0 rings (SSSR count). The summed E-state index contributed by atoms with van der Waals surface area (Å²) in [4.78, 5) is 17.1. The number of nitrogens with zero attached hydrogens (tertiary/aromatic N) is 2. The average molecular weight is 284 g/mol. The number of rotatable bonds is 3. The summed E-state index contributed by atoms with van der Waals surface area (Å²) in [6.07, 6.45) is 0. The highest BCUT2D eigenvalue weighted by molar-refractivity contribution is 5.79. The summed E-state index contributed by atoms with van der Waals surface area (Å²) in [5.74, 6) is 0.206. The van der Waals surface area contributed by atoms with E-state index in [9.17, 15) is 4.79 Å². The van der Waals surface area contributed by atoms with Gasteiger partial charge in [-0.05, 0) is 76.2 Å². The van der Waals surface area contributed by atoms with Gasteiger partial charge in [-0.2, -0.15) is 0 Å². The predicted molar refractivity (Wildman–Crippen MR) is 87.9 cm³/mol. The van der Waals surface area contributed by atoms with Gasteiger partial charge in [-0.1, -0.05) is 0 Å². The maximum Gasteiger partial charge on any atom is 0.237 e. The molecule has 0 saturated heterocycles. The third-order valence-corrected chi connectivity index (χ3v) is 3.42. The van der Waals surface area contributed by atoms with Crippen molar-refractivity contribution in [2.75, 3.05) is 6.54 Å². The molecule has 0 fully saturated rings. The minimum atomic E-state index is -0.146. The molecule has 0 aromatic carbocycles. The molecule has 0 saturated carbocycles. The largest absolute Gasteiger partial charge is 0.334 e. The van der Waals surface area contributed by atoms with Crippen LogP contribution in [0.5, 0.6) is 0 Å². The lowest BCUT2D eigenvalue weighted by molar-refractivity contribution is -0.143. The molecule has 3 nitrogen and oxygen atoms in total. The zero-order chi connectivity index (χ0) is 16.5. The Bertz CT molecular complexity index is 312. The van der Waals surface area contributed by atoms with E-state index in [2.05, 4.69) is 81.1 Å². The maximum absolute atomic E-state index is 12.8. The Hall–Kier alpha value is -0.570. The fraction of sp³-hybridized carbons (Fsp3) is 0.941. The van der Waals surface area contributed by atoms with Crippen molar-refractivity contribution in [1.82, 2.24) is 9.80 Å². The highest BCUT2D eigenvalue weighted by atomic mass is 16.2. The maximum atomic E-state index is 12.8.